The highest BCUT2D eigenvalue weighted by molar-refractivity contribution is 5.75. The van der Waals surface area contributed by atoms with E-state index in [4.69, 9.17) is 0 Å². The summed E-state index contributed by atoms with van der Waals surface area (Å²) in [5, 5.41) is 3.23. The molecule has 1 rings (SSSR count). The topological polar surface area (TPSA) is 38.3 Å². The first kappa shape index (κ1) is 11.0. The summed E-state index contributed by atoms with van der Waals surface area (Å²) in [5.74, 6) is -0.228. The van der Waals surface area contributed by atoms with Gasteiger partial charge in [0.05, 0.1) is 7.11 Å². The standard InChI is InChI=1S/C11H17NO2/c1-9(10(13)14-3)12-11(2)7-5-4-6-8-11/h4-7,9,12H,8H2,1-3H3/t9-,11?/m0/s1. The molecule has 1 aliphatic rings. The van der Waals surface area contributed by atoms with Crippen LogP contribution in [0.2, 0.25) is 0 Å². The van der Waals surface area contributed by atoms with Gasteiger partial charge in [0.2, 0.25) is 0 Å². The van der Waals surface area contributed by atoms with Crippen molar-refractivity contribution >= 4 is 5.97 Å². The van der Waals surface area contributed by atoms with Crippen molar-refractivity contribution in [3.05, 3.63) is 24.3 Å². The van der Waals surface area contributed by atoms with Crippen LogP contribution in [0.1, 0.15) is 20.3 Å². The van der Waals surface area contributed by atoms with Crippen molar-refractivity contribution in [3.63, 3.8) is 0 Å². The molecule has 0 aliphatic heterocycles. The Morgan fingerprint density at radius 2 is 2.29 bits per heavy atom. The Morgan fingerprint density at radius 1 is 1.57 bits per heavy atom. The molecule has 0 saturated heterocycles. The highest BCUT2D eigenvalue weighted by Gasteiger charge is 2.25. The van der Waals surface area contributed by atoms with Crippen LogP contribution in [0, 0.1) is 0 Å². The van der Waals surface area contributed by atoms with Gasteiger partial charge in [-0.15, -0.1) is 0 Å². The maximum absolute atomic E-state index is 11.2. The van der Waals surface area contributed by atoms with E-state index in [0.29, 0.717) is 0 Å². The fourth-order valence-corrected chi connectivity index (χ4v) is 1.56. The molecule has 2 atom stereocenters. The third-order valence-electron chi connectivity index (χ3n) is 2.35. The van der Waals surface area contributed by atoms with E-state index in [1.54, 1.807) is 0 Å². The Kier molecular flexibility index (Phi) is 3.47. The van der Waals surface area contributed by atoms with E-state index in [-0.39, 0.29) is 17.6 Å². The fraction of sp³-hybridized carbons (Fsp3) is 0.545. The van der Waals surface area contributed by atoms with E-state index in [1.165, 1.54) is 7.11 Å². The number of ether oxygens (including phenoxy) is 1. The van der Waals surface area contributed by atoms with E-state index in [2.05, 4.69) is 29.1 Å². The summed E-state index contributed by atoms with van der Waals surface area (Å²) >= 11 is 0. The Balaban J connectivity index is 2.55. The van der Waals surface area contributed by atoms with Crippen molar-refractivity contribution in [2.75, 3.05) is 7.11 Å². The smallest absolute Gasteiger partial charge is 0.322 e. The van der Waals surface area contributed by atoms with Gasteiger partial charge in [0.25, 0.3) is 0 Å². The molecule has 0 fully saturated rings. The summed E-state index contributed by atoms with van der Waals surface area (Å²) in [5.41, 5.74) is -0.137. The van der Waals surface area contributed by atoms with Gasteiger partial charge in [0.1, 0.15) is 6.04 Å². The molecule has 0 bridgehead atoms. The second-order valence-electron chi connectivity index (χ2n) is 3.80. The second kappa shape index (κ2) is 4.42. The molecule has 1 N–H and O–H groups in total. The Labute approximate surface area is 84.8 Å². The van der Waals surface area contributed by atoms with Crippen LogP contribution in [0.3, 0.4) is 0 Å². The Morgan fingerprint density at radius 3 is 2.79 bits per heavy atom. The van der Waals surface area contributed by atoms with Gasteiger partial charge in [0.15, 0.2) is 0 Å². The number of methoxy groups -OCH3 is 1. The van der Waals surface area contributed by atoms with Crippen LogP contribution in [0.5, 0.6) is 0 Å². The molecule has 14 heavy (non-hydrogen) atoms. The highest BCUT2D eigenvalue weighted by Crippen LogP contribution is 2.17. The van der Waals surface area contributed by atoms with Gasteiger partial charge in [0, 0.05) is 5.54 Å². The molecule has 0 saturated carbocycles. The maximum atomic E-state index is 11.2. The molecule has 0 spiro atoms. The van der Waals surface area contributed by atoms with E-state index in [0.717, 1.165) is 6.42 Å². The quantitative estimate of drug-likeness (QED) is 0.692. The van der Waals surface area contributed by atoms with Gasteiger partial charge in [-0.1, -0.05) is 24.3 Å². The second-order valence-corrected chi connectivity index (χ2v) is 3.80. The lowest BCUT2D eigenvalue weighted by atomic mass is 9.93. The summed E-state index contributed by atoms with van der Waals surface area (Å²) in [6.45, 7) is 3.87. The van der Waals surface area contributed by atoms with Gasteiger partial charge in [-0.25, -0.2) is 0 Å². The first-order valence-corrected chi connectivity index (χ1v) is 4.77. The number of carbonyl (C=O) groups is 1. The molecule has 1 aliphatic carbocycles. The van der Waals surface area contributed by atoms with E-state index in [9.17, 15) is 4.79 Å². The lowest BCUT2D eigenvalue weighted by Crippen LogP contribution is -2.49. The van der Waals surface area contributed by atoms with Crippen LogP contribution in [0.15, 0.2) is 24.3 Å². The zero-order chi connectivity index (χ0) is 10.6. The first-order chi connectivity index (χ1) is 6.57. The molecular formula is C11H17NO2. The van der Waals surface area contributed by atoms with Gasteiger partial charge in [-0.2, -0.15) is 0 Å². The lowest BCUT2D eigenvalue weighted by Gasteiger charge is -2.30. The van der Waals surface area contributed by atoms with Crippen LogP contribution >= 0.6 is 0 Å². The SMILES string of the molecule is COC(=O)[C@H](C)NC1(C)C=CC=CC1. The van der Waals surface area contributed by atoms with Crippen LogP contribution in [-0.4, -0.2) is 24.7 Å². The molecule has 0 aromatic carbocycles. The van der Waals surface area contributed by atoms with Crippen LogP contribution in [0.4, 0.5) is 0 Å². The monoisotopic (exact) mass is 195 g/mol. The van der Waals surface area contributed by atoms with Crippen LogP contribution in [0.25, 0.3) is 0 Å². The lowest BCUT2D eigenvalue weighted by molar-refractivity contribution is -0.143. The van der Waals surface area contributed by atoms with Gasteiger partial charge >= 0.3 is 5.97 Å². The average molecular weight is 195 g/mol. The Hall–Kier alpha value is -1.09. The predicted octanol–water partition coefficient (Wildman–Crippen LogP) is 1.41. The first-order valence-electron chi connectivity index (χ1n) is 4.77. The van der Waals surface area contributed by atoms with Crippen LogP contribution < -0.4 is 5.32 Å². The van der Waals surface area contributed by atoms with Crippen molar-refractivity contribution in [3.8, 4) is 0 Å². The van der Waals surface area contributed by atoms with Gasteiger partial charge in [-0.05, 0) is 20.3 Å². The summed E-state index contributed by atoms with van der Waals surface area (Å²) in [4.78, 5) is 11.2. The highest BCUT2D eigenvalue weighted by atomic mass is 16.5. The fourth-order valence-electron chi connectivity index (χ4n) is 1.56. The number of rotatable bonds is 3. The Bertz CT molecular complexity index is 270. The molecule has 0 aromatic heterocycles. The summed E-state index contributed by atoms with van der Waals surface area (Å²) in [7, 11) is 1.40. The minimum absolute atomic E-state index is 0.137. The number of hydrogen-bond acceptors (Lipinski definition) is 3. The van der Waals surface area contributed by atoms with Crippen molar-refractivity contribution in [2.45, 2.75) is 31.8 Å². The van der Waals surface area contributed by atoms with Crippen molar-refractivity contribution < 1.29 is 9.53 Å². The normalized spacial score (nSPS) is 27.4. The predicted molar refractivity (Wildman–Crippen MR) is 55.9 cm³/mol. The minimum Gasteiger partial charge on any atom is -0.468 e. The van der Waals surface area contributed by atoms with E-state index < -0.39 is 0 Å². The number of allylic oxidation sites excluding steroid dienone is 2. The number of hydrogen-bond donors (Lipinski definition) is 1. The molecular weight excluding hydrogens is 178 g/mol. The van der Waals surface area contributed by atoms with Crippen molar-refractivity contribution in [1.82, 2.24) is 5.32 Å². The molecule has 0 amide bonds. The average Bonchev–Trinajstić information content (AvgIpc) is 2.17. The minimum atomic E-state index is -0.277. The zero-order valence-corrected chi connectivity index (χ0v) is 8.91. The molecule has 3 nitrogen and oxygen atoms in total. The van der Waals surface area contributed by atoms with Crippen LogP contribution in [-0.2, 0) is 9.53 Å². The molecule has 1 unspecified atom stereocenters. The van der Waals surface area contributed by atoms with E-state index >= 15 is 0 Å². The third-order valence-corrected chi connectivity index (χ3v) is 2.35. The molecule has 0 heterocycles. The van der Waals surface area contributed by atoms with Gasteiger partial charge in [-0.3, -0.25) is 10.1 Å². The number of carbonyl (C=O) groups excluding carboxylic acids is 1. The van der Waals surface area contributed by atoms with E-state index in [1.807, 2.05) is 19.1 Å². The largest absolute Gasteiger partial charge is 0.468 e. The van der Waals surface area contributed by atoms with Crippen molar-refractivity contribution in [1.29, 1.82) is 0 Å². The maximum Gasteiger partial charge on any atom is 0.322 e. The third kappa shape index (κ3) is 2.70. The molecule has 3 heteroatoms. The summed E-state index contributed by atoms with van der Waals surface area (Å²) < 4.78 is 4.65. The summed E-state index contributed by atoms with van der Waals surface area (Å²) in [6, 6.07) is -0.277. The van der Waals surface area contributed by atoms with Gasteiger partial charge < -0.3 is 4.74 Å². The zero-order valence-electron chi connectivity index (χ0n) is 8.91. The number of nitrogens with one attached hydrogen (secondary N) is 1. The summed E-state index contributed by atoms with van der Waals surface area (Å²) in [6.07, 6.45) is 9.03. The number of esters is 1. The molecule has 78 valence electrons. The molecule has 0 aromatic rings. The van der Waals surface area contributed by atoms with Crippen molar-refractivity contribution in [2.24, 2.45) is 0 Å². The molecule has 0 radical (unpaired) electrons.